The highest BCUT2D eigenvalue weighted by Gasteiger charge is 2.40. The molecule has 1 aromatic carbocycles. The minimum absolute atomic E-state index is 0.0180. The number of benzene rings is 1. The van der Waals surface area contributed by atoms with E-state index in [-0.39, 0.29) is 25.2 Å². The number of carbonyl (C=O) groups is 2. The van der Waals surface area contributed by atoms with Crippen molar-refractivity contribution in [3.8, 4) is 0 Å². The molecule has 0 spiro atoms. The molecule has 0 bridgehead atoms. The SMILES string of the molecule is CCN(C(=O)N1CC(O)CC1C(=O)O)c1ccccc1F. The number of hydrogen-bond donors (Lipinski definition) is 2. The maximum atomic E-state index is 13.8. The zero-order chi connectivity index (χ0) is 15.6. The summed E-state index contributed by atoms with van der Waals surface area (Å²) in [6.45, 7) is 1.80. The van der Waals surface area contributed by atoms with Crippen LogP contribution in [0, 0.1) is 5.82 Å². The van der Waals surface area contributed by atoms with Gasteiger partial charge in [-0.25, -0.2) is 14.0 Å². The number of aliphatic hydroxyl groups excluding tert-OH is 1. The number of carboxylic acid groups (broad SMARTS) is 1. The highest BCUT2D eigenvalue weighted by molar-refractivity contribution is 5.95. The molecule has 2 N–H and O–H groups in total. The Kier molecular flexibility index (Phi) is 4.42. The third-order valence-corrected chi connectivity index (χ3v) is 3.50. The van der Waals surface area contributed by atoms with Crippen LogP contribution in [0.15, 0.2) is 24.3 Å². The van der Waals surface area contributed by atoms with Crippen molar-refractivity contribution in [1.29, 1.82) is 0 Å². The van der Waals surface area contributed by atoms with E-state index in [0.717, 1.165) is 4.90 Å². The first kappa shape index (κ1) is 15.2. The minimum Gasteiger partial charge on any atom is -0.480 e. The Morgan fingerprint density at radius 3 is 2.67 bits per heavy atom. The first-order valence-electron chi connectivity index (χ1n) is 6.69. The second-order valence-corrected chi connectivity index (χ2v) is 4.87. The van der Waals surface area contributed by atoms with Gasteiger partial charge in [-0.1, -0.05) is 12.1 Å². The van der Waals surface area contributed by atoms with Gasteiger partial charge in [0, 0.05) is 19.5 Å². The molecule has 6 nitrogen and oxygen atoms in total. The predicted molar refractivity (Wildman–Crippen MR) is 73.6 cm³/mol. The van der Waals surface area contributed by atoms with E-state index < -0.39 is 30.0 Å². The summed E-state index contributed by atoms with van der Waals surface area (Å²) in [4.78, 5) is 25.9. The largest absolute Gasteiger partial charge is 0.480 e. The van der Waals surface area contributed by atoms with Gasteiger partial charge >= 0.3 is 12.0 Å². The number of aliphatic carboxylic acids is 1. The van der Waals surface area contributed by atoms with E-state index >= 15 is 0 Å². The fraction of sp³-hybridized carbons (Fsp3) is 0.429. The number of aliphatic hydroxyl groups is 1. The van der Waals surface area contributed by atoms with E-state index in [1.54, 1.807) is 13.0 Å². The molecule has 2 amide bonds. The van der Waals surface area contributed by atoms with Gasteiger partial charge in [0.1, 0.15) is 11.9 Å². The van der Waals surface area contributed by atoms with E-state index in [9.17, 15) is 19.1 Å². The number of anilines is 1. The van der Waals surface area contributed by atoms with Crippen LogP contribution in [0.4, 0.5) is 14.9 Å². The fourth-order valence-electron chi connectivity index (χ4n) is 2.49. The molecule has 21 heavy (non-hydrogen) atoms. The van der Waals surface area contributed by atoms with Crippen LogP contribution in [0.5, 0.6) is 0 Å². The Morgan fingerprint density at radius 1 is 1.43 bits per heavy atom. The average molecular weight is 296 g/mol. The Labute approximate surface area is 121 Å². The fourth-order valence-corrected chi connectivity index (χ4v) is 2.49. The molecule has 2 unspecified atom stereocenters. The molecule has 2 atom stereocenters. The van der Waals surface area contributed by atoms with Crippen LogP contribution >= 0.6 is 0 Å². The molecule has 1 aliphatic rings. The molecule has 1 aromatic rings. The number of amides is 2. The van der Waals surface area contributed by atoms with Crippen molar-refractivity contribution < 1.29 is 24.2 Å². The van der Waals surface area contributed by atoms with E-state index in [0.29, 0.717) is 0 Å². The number of carbonyl (C=O) groups excluding carboxylic acids is 1. The van der Waals surface area contributed by atoms with Crippen LogP contribution in [-0.4, -0.2) is 52.3 Å². The Hall–Kier alpha value is -2.15. The predicted octanol–water partition coefficient (Wildman–Crippen LogP) is 1.29. The topological polar surface area (TPSA) is 81.1 Å². The van der Waals surface area contributed by atoms with Gasteiger partial charge in [0.2, 0.25) is 0 Å². The van der Waals surface area contributed by atoms with Gasteiger partial charge in [0.05, 0.1) is 11.8 Å². The number of hydrogen-bond acceptors (Lipinski definition) is 3. The number of β-amino-alcohol motifs (C(OH)–C–C–N with tert-alkyl or cyclic N) is 1. The van der Waals surface area contributed by atoms with Crippen LogP contribution in [-0.2, 0) is 4.79 Å². The highest BCUT2D eigenvalue weighted by atomic mass is 19.1. The molecular formula is C14H17FN2O4. The third kappa shape index (κ3) is 2.97. The van der Waals surface area contributed by atoms with Crippen molar-refractivity contribution in [3.63, 3.8) is 0 Å². The van der Waals surface area contributed by atoms with Gasteiger partial charge in [-0.3, -0.25) is 4.90 Å². The van der Waals surface area contributed by atoms with E-state index in [1.807, 2.05) is 0 Å². The summed E-state index contributed by atoms with van der Waals surface area (Å²) in [6.07, 6.45) is -0.898. The zero-order valence-corrected chi connectivity index (χ0v) is 11.6. The monoisotopic (exact) mass is 296 g/mol. The molecule has 7 heteroatoms. The number of para-hydroxylation sites is 1. The smallest absolute Gasteiger partial charge is 0.326 e. The van der Waals surface area contributed by atoms with Gasteiger partial charge in [0.25, 0.3) is 0 Å². The lowest BCUT2D eigenvalue weighted by atomic mass is 10.2. The number of rotatable bonds is 3. The molecule has 2 rings (SSSR count). The van der Waals surface area contributed by atoms with Gasteiger partial charge < -0.3 is 15.1 Å². The van der Waals surface area contributed by atoms with Gasteiger partial charge in [-0.15, -0.1) is 0 Å². The summed E-state index contributed by atoms with van der Waals surface area (Å²) in [7, 11) is 0. The molecule has 0 aliphatic carbocycles. The molecular weight excluding hydrogens is 279 g/mol. The number of urea groups is 1. The van der Waals surface area contributed by atoms with Crippen molar-refractivity contribution in [1.82, 2.24) is 4.90 Å². The van der Waals surface area contributed by atoms with Crippen LogP contribution < -0.4 is 4.90 Å². The van der Waals surface area contributed by atoms with Gasteiger partial charge in [-0.2, -0.15) is 0 Å². The number of nitrogens with zero attached hydrogens (tertiary/aromatic N) is 2. The first-order valence-corrected chi connectivity index (χ1v) is 6.69. The number of halogens is 1. The molecule has 114 valence electrons. The standard InChI is InChI=1S/C14H17FN2O4/c1-2-16(11-6-4-3-5-10(11)15)14(21)17-8-9(18)7-12(17)13(19)20/h3-6,9,12,18H,2,7-8H2,1H3,(H,19,20). The normalized spacial score (nSPS) is 21.4. The third-order valence-electron chi connectivity index (χ3n) is 3.50. The van der Waals surface area contributed by atoms with Crippen LogP contribution in [0.1, 0.15) is 13.3 Å². The Balaban J connectivity index is 2.28. The second kappa shape index (κ2) is 6.09. The summed E-state index contributed by atoms with van der Waals surface area (Å²) >= 11 is 0. The maximum Gasteiger partial charge on any atom is 0.326 e. The zero-order valence-electron chi connectivity index (χ0n) is 11.6. The summed E-state index contributed by atoms with van der Waals surface area (Å²) in [6, 6.07) is 4.09. The number of carboxylic acids is 1. The molecule has 1 fully saturated rings. The molecule has 1 heterocycles. The first-order chi connectivity index (χ1) is 9.95. The van der Waals surface area contributed by atoms with Crippen molar-refractivity contribution in [2.75, 3.05) is 18.0 Å². The molecule has 0 aromatic heterocycles. The van der Waals surface area contributed by atoms with Crippen molar-refractivity contribution >= 4 is 17.7 Å². The van der Waals surface area contributed by atoms with Crippen molar-refractivity contribution in [2.24, 2.45) is 0 Å². The summed E-state index contributed by atoms with van der Waals surface area (Å²) < 4.78 is 13.8. The van der Waals surface area contributed by atoms with Crippen molar-refractivity contribution in [3.05, 3.63) is 30.1 Å². The number of likely N-dealkylation sites (tertiary alicyclic amines) is 1. The van der Waals surface area contributed by atoms with Crippen LogP contribution in [0.3, 0.4) is 0 Å². The molecule has 0 saturated carbocycles. The summed E-state index contributed by atoms with van der Waals surface area (Å²) in [5, 5.41) is 18.7. The van der Waals surface area contributed by atoms with Gasteiger partial charge in [-0.05, 0) is 19.1 Å². The van der Waals surface area contributed by atoms with Crippen LogP contribution in [0.2, 0.25) is 0 Å². The van der Waals surface area contributed by atoms with Crippen molar-refractivity contribution in [2.45, 2.75) is 25.5 Å². The highest BCUT2D eigenvalue weighted by Crippen LogP contribution is 2.24. The molecule has 1 saturated heterocycles. The maximum absolute atomic E-state index is 13.8. The summed E-state index contributed by atoms with van der Waals surface area (Å²) in [5.41, 5.74) is 0.0931. The van der Waals surface area contributed by atoms with E-state index in [2.05, 4.69) is 0 Å². The van der Waals surface area contributed by atoms with E-state index in [1.165, 1.54) is 23.1 Å². The Morgan fingerprint density at radius 2 is 2.10 bits per heavy atom. The lowest BCUT2D eigenvalue weighted by molar-refractivity contribution is -0.141. The average Bonchev–Trinajstić information content (AvgIpc) is 2.84. The molecule has 0 radical (unpaired) electrons. The van der Waals surface area contributed by atoms with E-state index in [4.69, 9.17) is 5.11 Å². The summed E-state index contributed by atoms with van der Waals surface area (Å²) in [5.74, 6) is -1.73. The molecule has 1 aliphatic heterocycles. The van der Waals surface area contributed by atoms with Gasteiger partial charge in [0.15, 0.2) is 0 Å². The lowest BCUT2D eigenvalue weighted by Crippen LogP contribution is -2.48. The quantitative estimate of drug-likeness (QED) is 0.880. The van der Waals surface area contributed by atoms with Crippen LogP contribution in [0.25, 0.3) is 0 Å². The minimum atomic E-state index is -1.18. The lowest BCUT2D eigenvalue weighted by Gasteiger charge is -2.29. The Bertz CT molecular complexity index is 552. The second-order valence-electron chi connectivity index (χ2n) is 4.87.